The molecule has 126 valence electrons. The van der Waals surface area contributed by atoms with Gasteiger partial charge in [-0.2, -0.15) is 4.31 Å². The molecule has 2 N–H and O–H groups in total. The second kappa shape index (κ2) is 6.29. The first-order valence-electron chi connectivity index (χ1n) is 7.17. The fourth-order valence-corrected chi connectivity index (χ4v) is 4.60. The summed E-state index contributed by atoms with van der Waals surface area (Å²) in [4.78, 5) is 22.6. The summed E-state index contributed by atoms with van der Waals surface area (Å²) in [6, 6.07) is 5.04. The number of carbonyl (C=O) groups is 2. The number of nitrogens with zero attached hydrogens (tertiary/aromatic N) is 1. The van der Waals surface area contributed by atoms with E-state index in [2.05, 4.69) is 0 Å². The lowest BCUT2D eigenvalue weighted by Crippen LogP contribution is -2.48. The predicted octanol–water partition coefficient (Wildman–Crippen LogP) is 1.10. The number of rotatable bonds is 4. The van der Waals surface area contributed by atoms with Crippen LogP contribution in [0.25, 0.3) is 0 Å². The highest BCUT2D eigenvalue weighted by Crippen LogP contribution is 2.30. The number of aliphatic carboxylic acids is 2. The molecule has 7 nitrogen and oxygen atoms in total. The molecular weight excluding hydrogens is 322 g/mol. The van der Waals surface area contributed by atoms with Gasteiger partial charge < -0.3 is 10.2 Å². The number of carboxylic acid groups (broad SMARTS) is 2. The zero-order valence-corrected chi connectivity index (χ0v) is 13.7. The molecule has 0 saturated carbocycles. The quantitative estimate of drug-likeness (QED) is 0.848. The summed E-state index contributed by atoms with van der Waals surface area (Å²) >= 11 is 0. The van der Waals surface area contributed by atoms with Crippen LogP contribution in [0, 0.1) is 25.7 Å². The largest absolute Gasteiger partial charge is 0.481 e. The Morgan fingerprint density at radius 3 is 2.30 bits per heavy atom. The molecule has 1 heterocycles. The van der Waals surface area contributed by atoms with E-state index in [-0.39, 0.29) is 24.4 Å². The molecule has 2 unspecified atom stereocenters. The minimum absolute atomic E-state index is 0.00351. The van der Waals surface area contributed by atoms with Crippen molar-refractivity contribution in [2.75, 3.05) is 13.1 Å². The van der Waals surface area contributed by atoms with Crippen molar-refractivity contribution in [3.05, 3.63) is 29.3 Å². The van der Waals surface area contributed by atoms with Crippen LogP contribution in [-0.4, -0.2) is 48.0 Å². The van der Waals surface area contributed by atoms with Gasteiger partial charge in [-0.05, 0) is 37.5 Å². The molecule has 0 bridgehead atoms. The van der Waals surface area contributed by atoms with Crippen LogP contribution in [0.2, 0.25) is 0 Å². The molecule has 1 aliphatic rings. The summed E-state index contributed by atoms with van der Waals surface area (Å²) in [5.41, 5.74) is 1.35. The molecule has 1 fully saturated rings. The molecule has 1 aromatic rings. The van der Waals surface area contributed by atoms with Crippen molar-refractivity contribution in [3.63, 3.8) is 0 Å². The van der Waals surface area contributed by atoms with Crippen LogP contribution in [0.1, 0.15) is 17.5 Å². The summed E-state index contributed by atoms with van der Waals surface area (Å²) < 4.78 is 26.7. The van der Waals surface area contributed by atoms with Crippen LogP contribution in [0.15, 0.2) is 23.1 Å². The highest BCUT2D eigenvalue weighted by Gasteiger charge is 2.42. The number of benzene rings is 1. The topological polar surface area (TPSA) is 112 Å². The molecule has 8 heteroatoms. The first kappa shape index (κ1) is 17.4. The number of hydrogen-bond donors (Lipinski definition) is 2. The SMILES string of the molecule is Cc1ccc(C)c(S(=O)(=O)N2CCC(C(=O)O)C(C(=O)O)C2)c1. The third-order valence-electron chi connectivity index (χ3n) is 4.17. The Kier molecular flexibility index (Phi) is 4.76. The van der Waals surface area contributed by atoms with Gasteiger partial charge in [-0.15, -0.1) is 0 Å². The third kappa shape index (κ3) is 3.37. The third-order valence-corrected chi connectivity index (χ3v) is 6.18. The maximum Gasteiger partial charge on any atom is 0.308 e. The van der Waals surface area contributed by atoms with E-state index in [1.165, 1.54) is 0 Å². The summed E-state index contributed by atoms with van der Waals surface area (Å²) in [5.74, 6) is -4.82. The summed E-state index contributed by atoms with van der Waals surface area (Å²) in [7, 11) is -3.85. The van der Waals surface area contributed by atoms with Gasteiger partial charge in [-0.25, -0.2) is 8.42 Å². The van der Waals surface area contributed by atoms with Crippen molar-refractivity contribution >= 4 is 22.0 Å². The highest BCUT2D eigenvalue weighted by molar-refractivity contribution is 7.89. The van der Waals surface area contributed by atoms with Gasteiger partial charge in [0.1, 0.15) is 0 Å². The lowest BCUT2D eigenvalue weighted by Gasteiger charge is -2.34. The number of carboxylic acids is 2. The van der Waals surface area contributed by atoms with Crippen molar-refractivity contribution in [2.45, 2.75) is 25.2 Å². The molecule has 1 aliphatic heterocycles. The molecule has 0 spiro atoms. The predicted molar refractivity (Wildman–Crippen MR) is 81.5 cm³/mol. The zero-order chi connectivity index (χ0) is 17.4. The van der Waals surface area contributed by atoms with Gasteiger partial charge in [0, 0.05) is 13.1 Å². The van der Waals surface area contributed by atoms with Gasteiger partial charge in [0.2, 0.25) is 10.0 Å². The molecule has 0 amide bonds. The number of piperidine rings is 1. The van der Waals surface area contributed by atoms with Crippen LogP contribution in [0.5, 0.6) is 0 Å². The normalized spacial score (nSPS) is 22.7. The molecule has 2 rings (SSSR count). The van der Waals surface area contributed by atoms with Gasteiger partial charge in [0.25, 0.3) is 0 Å². The first-order valence-corrected chi connectivity index (χ1v) is 8.61. The maximum atomic E-state index is 12.8. The van der Waals surface area contributed by atoms with Gasteiger partial charge in [0.05, 0.1) is 16.7 Å². The smallest absolute Gasteiger partial charge is 0.308 e. The first-order chi connectivity index (χ1) is 10.6. The van der Waals surface area contributed by atoms with Crippen molar-refractivity contribution in [1.29, 1.82) is 0 Å². The van der Waals surface area contributed by atoms with Crippen molar-refractivity contribution < 1.29 is 28.2 Å². The summed E-state index contributed by atoms with van der Waals surface area (Å²) in [5, 5.41) is 18.3. The van der Waals surface area contributed by atoms with E-state index in [0.29, 0.717) is 5.56 Å². The minimum atomic E-state index is -3.85. The van der Waals surface area contributed by atoms with Crippen LogP contribution < -0.4 is 0 Å². The molecule has 1 saturated heterocycles. The van der Waals surface area contributed by atoms with Crippen LogP contribution in [0.4, 0.5) is 0 Å². The molecule has 1 aromatic carbocycles. The number of sulfonamides is 1. The van der Waals surface area contributed by atoms with Gasteiger partial charge in [-0.3, -0.25) is 9.59 Å². The highest BCUT2D eigenvalue weighted by atomic mass is 32.2. The van der Waals surface area contributed by atoms with E-state index < -0.39 is 33.8 Å². The van der Waals surface area contributed by atoms with Crippen molar-refractivity contribution in [2.24, 2.45) is 11.8 Å². The minimum Gasteiger partial charge on any atom is -0.481 e. The van der Waals surface area contributed by atoms with Crippen molar-refractivity contribution in [1.82, 2.24) is 4.31 Å². The number of aryl methyl sites for hydroxylation is 2. The summed E-state index contributed by atoms with van der Waals surface area (Å²) in [6.07, 6.45) is -0.0175. The molecule has 0 aromatic heterocycles. The average molecular weight is 341 g/mol. The van der Waals surface area contributed by atoms with E-state index in [4.69, 9.17) is 5.11 Å². The van der Waals surface area contributed by atoms with E-state index >= 15 is 0 Å². The lowest BCUT2D eigenvalue weighted by atomic mass is 9.86. The maximum absolute atomic E-state index is 12.8. The molecule has 2 atom stereocenters. The fourth-order valence-electron chi connectivity index (χ4n) is 2.81. The monoisotopic (exact) mass is 341 g/mol. The lowest BCUT2D eigenvalue weighted by molar-refractivity contribution is -0.156. The van der Waals surface area contributed by atoms with E-state index in [1.54, 1.807) is 32.0 Å². The second-order valence-corrected chi connectivity index (χ2v) is 7.72. The fraction of sp³-hybridized carbons (Fsp3) is 0.467. The molecule has 0 aliphatic carbocycles. The van der Waals surface area contributed by atoms with E-state index in [0.717, 1.165) is 9.87 Å². The molecule has 23 heavy (non-hydrogen) atoms. The Bertz CT molecular complexity index is 742. The Morgan fingerprint density at radius 2 is 1.74 bits per heavy atom. The Labute approximate surface area is 134 Å². The van der Waals surface area contributed by atoms with E-state index in [9.17, 15) is 23.1 Å². The zero-order valence-electron chi connectivity index (χ0n) is 12.9. The van der Waals surface area contributed by atoms with Crippen molar-refractivity contribution in [3.8, 4) is 0 Å². The molecular formula is C15H19NO6S. The second-order valence-electron chi connectivity index (χ2n) is 5.81. The van der Waals surface area contributed by atoms with Crippen LogP contribution >= 0.6 is 0 Å². The Hall–Kier alpha value is -1.93. The molecule has 0 radical (unpaired) electrons. The summed E-state index contributed by atoms with van der Waals surface area (Å²) in [6.45, 7) is 3.11. The standard InChI is InChI=1S/C15H19NO6S/c1-9-3-4-10(2)13(7-9)23(21,22)16-6-5-11(14(17)18)12(8-16)15(19)20/h3-4,7,11-12H,5-6,8H2,1-2H3,(H,17,18)(H,19,20). The van der Waals surface area contributed by atoms with Gasteiger partial charge in [-0.1, -0.05) is 12.1 Å². The van der Waals surface area contributed by atoms with Crippen LogP contribution in [0.3, 0.4) is 0 Å². The van der Waals surface area contributed by atoms with Gasteiger partial charge >= 0.3 is 11.9 Å². The van der Waals surface area contributed by atoms with Gasteiger partial charge in [0.15, 0.2) is 0 Å². The van der Waals surface area contributed by atoms with E-state index in [1.807, 2.05) is 0 Å². The van der Waals surface area contributed by atoms with Crippen LogP contribution in [-0.2, 0) is 19.6 Å². The average Bonchev–Trinajstić information content (AvgIpc) is 2.48. The Morgan fingerprint density at radius 1 is 1.13 bits per heavy atom. The number of hydrogen-bond acceptors (Lipinski definition) is 4. The Balaban J connectivity index is 2.36.